The molecule has 0 aliphatic carbocycles. The van der Waals surface area contributed by atoms with Gasteiger partial charge in [0.25, 0.3) is 0 Å². The lowest BCUT2D eigenvalue weighted by molar-refractivity contribution is -0.138. The molecule has 6 heteroatoms. The molecule has 1 heterocycles. The molecule has 0 bridgehead atoms. The Hall–Kier alpha value is -1.30. The highest BCUT2D eigenvalue weighted by atomic mass is 16.5. The second-order valence-electron chi connectivity index (χ2n) is 4.90. The van der Waals surface area contributed by atoms with E-state index < -0.39 is 6.09 Å². The van der Waals surface area contributed by atoms with Crippen molar-refractivity contribution in [2.24, 2.45) is 0 Å². The summed E-state index contributed by atoms with van der Waals surface area (Å²) in [5.41, 5.74) is 0. The van der Waals surface area contributed by atoms with Crippen LogP contribution in [0.15, 0.2) is 0 Å². The zero-order chi connectivity index (χ0) is 14.3. The molecule has 1 aliphatic heterocycles. The van der Waals surface area contributed by atoms with Crippen LogP contribution in [-0.4, -0.2) is 55.3 Å². The molecule has 0 saturated carbocycles. The molecular formula is C13H24N2O4. The van der Waals surface area contributed by atoms with Gasteiger partial charge in [-0.05, 0) is 33.6 Å². The molecule has 1 rings (SSSR count). The van der Waals surface area contributed by atoms with Crippen molar-refractivity contribution >= 4 is 12.0 Å². The van der Waals surface area contributed by atoms with E-state index in [0.29, 0.717) is 13.2 Å². The minimum Gasteiger partial charge on any atom is -0.450 e. The van der Waals surface area contributed by atoms with E-state index in [9.17, 15) is 9.59 Å². The Morgan fingerprint density at radius 1 is 1.42 bits per heavy atom. The van der Waals surface area contributed by atoms with Crippen LogP contribution in [0.1, 0.15) is 33.6 Å². The maximum absolute atomic E-state index is 11.9. The lowest BCUT2D eigenvalue weighted by Gasteiger charge is -2.33. The van der Waals surface area contributed by atoms with Crippen LogP contribution >= 0.6 is 0 Å². The van der Waals surface area contributed by atoms with Crippen molar-refractivity contribution in [1.82, 2.24) is 10.2 Å². The highest BCUT2D eigenvalue weighted by Gasteiger charge is 2.25. The fourth-order valence-corrected chi connectivity index (χ4v) is 1.99. The van der Waals surface area contributed by atoms with Crippen LogP contribution in [0.2, 0.25) is 0 Å². The third-order valence-electron chi connectivity index (χ3n) is 2.91. The number of alkyl carbamates (subject to hydrolysis) is 1. The van der Waals surface area contributed by atoms with Gasteiger partial charge in [0.1, 0.15) is 6.61 Å². The molecule has 0 aromatic rings. The number of piperidine rings is 1. The first-order chi connectivity index (χ1) is 9.02. The maximum atomic E-state index is 11.9. The van der Waals surface area contributed by atoms with Gasteiger partial charge in [0.15, 0.2) is 0 Å². The topological polar surface area (TPSA) is 67.9 Å². The van der Waals surface area contributed by atoms with E-state index in [1.807, 2.05) is 13.8 Å². The summed E-state index contributed by atoms with van der Waals surface area (Å²) in [6.45, 7) is 7.26. The van der Waals surface area contributed by atoms with Gasteiger partial charge in [0, 0.05) is 19.1 Å². The molecule has 1 saturated heterocycles. The first-order valence-electron chi connectivity index (χ1n) is 6.85. The van der Waals surface area contributed by atoms with Gasteiger partial charge in [-0.15, -0.1) is 0 Å². The third-order valence-corrected chi connectivity index (χ3v) is 2.91. The molecule has 1 N–H and O–H groups in total. The molecular weight excluding hydrogens is 248 g/mol. The molecule has 1 aliphatic rings. The second-order valence-corrected chi connectivity index (χ2v) is 4.90. The van der Waals surface area contributed by atoms with Gasteiger partial charge in [-0.1, -0.05) is 0 Å². The number of carbonyl (C=O) groups is 2. The zero-order valence-corrected chi connectivity index (χ0v) is 12.0. The number of hydrogen-bond acceptors (Lipinski definition) is 4. The molecule has 0 aromatic carbocycles. The molecule has 1 unspecified atom stereocenters. The molecule has 19 heavy (non-hydrogen) atoms. The van der Waals surface area contributed by atoms with Crippen molar-refractivity contribution in [2.75, 3.05) is 26.3 Å². The highest BCUT2D eigenvalue weighted by molar-refractivity contribution is 5.77. The summed E-state index contributed by atoms with van der Waals surface area (Å²) in [6.07, 6.45) is 1.38. The molecule has 6 nitrogen and oxygen atoms in total. The number of likely N-dealkylation sites (tertiary alicyclic amines) is 1. The summed E-state index contributed by atoms with van der Waals surface area (Å²) in [4.78, 5) is 25.0. The SMILES string of the molecule is CCOC(=O)NC1CCCN(C(=O)COC(C)C)C1. The summed E-state index contributed by atoms with van der Waals surface area (Å²) in [5.74, 6) is -0.0240. The largest absolute Gasteiger partial charge is 0.450 e. The maximum Gasteiger partial charge on any atom is 0.407 e. The van der Waals surface area contributed by atoms with E-state index in [0.717, 1.165) is 19.4 Å². The molecule has 0 radical (unpaired) electrons. The van der Waals surface area contributed by atoms with Crippen LogP contribution in [0.3, 0.4) is 0 Å². The number of nitrogens with one attached hydrogen (secondary N) is 1. The van der Waals surface area contributed by atoms with Gasteiger partial charge in [-0.25, -0.2) is 4.79 Å². The molecule has 2 amide bonds. The van der Waals surface area contributed by atoms with Crippen molar-refractivity contribution in [1.29, 1.82) is 0 Å². The van der Waals surface area contributed by atoms with E-state index in [2.05, 4.69) is 5.32 Å². The summed E-state index contributed by atoms with van der Waals surface area (Å²) in [5, 5.41) is 2.77. The van der Waals surface area contributed by atoms with Crippen LogP contribution < -0.4 is 5.32 Å². The highest BCUT2D eigenvalue weighted by Crippen LogP contribution is 2.11. The molecule has 1 atom stereocenters. The first kappa shape index (κ1) is 15.8. The molecule has 110 valence electrons. The predicted octanol–water partition coefficient (Wildman–Crippen LogP) is 1.15. The van der Waals surface area contributed by atoms with Crippen molar-refractivity contribution in [3.63, 3.8) is 0 Å². The van der Waals surface area contributed by atoms with Gasteiger partial charge < -0.3 is 19.7 Å². The first-order valence-corrected chi connectivity index (χ1v) is 6.85. The van der Waals surface area contributed by atoms with Crippen LogP contribution in [0.4, 0.5) is 4.79 Å². The Morgan fingerprint density at radius 3 is 2.79 bits per heavy atom. The summed E-state index contributed by atoms with van der Waals surface area (Å²) < 4.78 is 10.1. The Balaban J connectivity index is 2.36. The van der Waals surface area contributed by atoms with Gasteiger partial charge in [0.2, 0.25) is 5.91 Å². The number of ether oxygens (including phenoxy) is 2. The lowest BCUT2D eigenvalue weighted by atomic mass is 10.1. The van der Waals surface area contributed by atoms with Gasteiger partial charge in [0.05, 0.1) is 12.7 Å². The van der Waals surface area contributed by atoms with E-state index in [4.69, 9.17) is 9.47 Å². The van der Waals surface area contributed by atoms with Gasteiger partial charge >= 0.3 is 6.09 Å². The van der Waals surface area contributed by atoms with Crippen molar-refractivity contribution in [3.05, 3.63) is 0 Å². The molecule has 0 aromatic heterocycles. The minimum atomic E-state index is -0.416. The van der Waals surface area contributed by atoms with E-state index in [1.165, 1.54) is 0 Å². The van der Waals surface area contributed by atoms with Gasteiger partial charge in [-0.2, -0.15) is 0 Å². The predicted molar refractivity (Wildman–Crippen MR) is 70.8 cm³/mol. The number of amides is 2. The standard InChI is InChI=1S/C13H24N2O4/c1-4-18-13(17)14-11-6-5-7-15(8-11)12(16)9-19-10(2)3/h10-11H,4-9H2,1-3H3,(H,14,17). The smallest absolute Gasteiger partial charge is 0.407 e. The van der Waals surface area contributed by atoms with Crippen LogP contribution in [0, 0.1) is 0 Å². The number of carbonyl (C=O) groups excluding carboxylic acids is 2. The number of nitrogens with zero attached hydrogens (tertiary/aromatic N) is 1. The van der Waals surface area contributed by atoms with E-state index in [1.54, 1.807) is 11.8 Å². The Labute approximate surface area is 114 Å². The average Bonchev–Trinajstić information content (AvgIpc) is 2.36. The Bertz CT molecular complexity index is 307. The average molecular weight is 272 g/mol. The Kier molecular flexibility index (Phi) is 6.62. The molecule has 1 fully saturated rings. The van der Waals surface area contributed by atoms with Crippen molar-refractivity contribution in [3.8, 4) is 0 Å². The minimum absolute atomic E-state index is 0.0240. The second kappa shape index (κ2) is 7.99. The summed E-state index contributed by atoms with van der Waals surface area (Å²) >= 11 is 0. The van der Waals surface area contributed by atoms with Crippen LogP contribution in [0.5, 0.6) is 0 Å². The zero-order valence-electron chi connectivity index (χ0n) is 12.0. The fraction of sp³-hybridized carbons (Fsp3) is 0.846. The summed E-state index contributed by atoms with van der Waals surface area (Å²) in [7, 11) is 0. The number of rotatable bonds is 5. The Morgan fingerprint density at radius 2 is 2.16 bits per heavy atom. The summed E-state index contributed by atoms with van der Waals surface area (Å²) in [6, 6.07) is -0.0317. The molecule has 0 spiro atoms. The van der Waals surface area contributed by atoms with E-state index in [-0.39, 0.29) is 24.7 Å². The normalized spacial score (nSPS) is 19.4. The monoisotopic (exact) mass is 272 g/mol. The van der Waals surface area contributed by atoms with Crippen molar-refractivity contribution < 1.29 is 19.1 Å². The third kappa shape index (κ3) is 5.92. The van der Waals surface area contributed by atoms with Gasteiger partial charge in [-0.3, -0.25) is 4.79 Å². The van der Waals surface area contributed by atoms with Crippen LogP contribution in [-0.2, 0) is 14.3 Å². The fourth-order valence-electron chi connectivity index (χ4n) is 1.99. The lowest BCUT2D eigenvalue weighted by Crippen LogP contribution is -2.50. The quantitative estimate of drug-likeness (QED) is 0.815. The van der Waals surface area contributed by atoms with Crippen LogP contribution in [0.25, 0.3) is 0 Å². The van der Waals surface area contributed by atoms with Crippen molar-refractivity contribution in [2.45, 2.75) is 45.8 Å². The number of hydrogen-bond donors (Lipinski definition) is 1. The van der Waals surface area contributed by atoms with E-state index >= 15 is 0 Å².